The number of aromatic nitrogens is 2. The summed E-state index contributed by atoms with van der Waals surface area (Å²) in [6, 6.07) is 8.97. The molecule has 4 N–H and O–H groups in total. The summed E-state index contributed by atoms with van der Waals surface area (Å²) in [5, 5.41) is 12.6. The quantitative estimate of drug-likeness (QED) is 0.323. The van der Waals surface area contributed by atoms with Crippen LogP contribution in [0.25, 0.3) is 0 Å². The molecule has 1 amide bonds. The number of carbonyl (C=O) groups excluding carboxylic acids is 1. The lowest BCUT2D eigenvalue weighted by Crippen LogP contribution is -2.44. The molecule has 36 heavy (non-hydrogen) atoms. The lowest BCUT2D eigenvalue weighted by Gasteiger charge is -2.37. The zero-order valence-corrected chi connectivity index (χ0v) is 21.1. The Hall–Kier alpha value is -3.36. The Morgan fingerprint density at radius 2 is 1.86 bits per heavy atom. The fraction of sp³-hybridized carbons (Fsp3) is 0.308. The molecule has 8 nitrogen and oxygen atoms in total. The molecule has 10 heteroatoms. The van der Waals surface area contributed by atoms with Gasteiger partial charge in [0.15, 0.2) is 0 Å². The van der Waals surface area contributed by atoms with E-state index in [9.17, 15) is 4.79 Å². The van der Waals surface area contributed by atoms with Crippen molar-refractivity contribution in [2.45, 2.75) is 25.9 Å². The normalized spacial score (nSPS) is 16.7. The number of pyridine rings is 2. The second-order valence-electron chi connectivity index (χ2n) is 9.17. The first-order valence-corrected chi connectivity index (χ1v) is 12.5. The molecule has 2 aliphatic rings. The number of amides is 1. The topological polar surface area (TPSA) is 117 Å². The molecule has 2 aliphatic heterocycles. The summed E-state index contributed by atoms with van der Waals surface area (Å²) >= 11 is 12.4. The summed E-state index contributed by atoms with van der Waals surface area (Å²) in [4.78, 5) is 23.0. The number of hydrogen-bond donors (Lipinski definition) is 3. The van der Waals surface area contributed by atoms with Crippen molar-refractivity contribution in [3.8, 4) is 5.75 Å². The van der Waals surface area contributed by atoms with Crippen molar-refractivity contribution in [3.63, 3.8) is 0 Å². The Bertz CT molecular complexity index is 1290. The Morgan fingerprint density at radius 1 is 1.11 bits per heavy atom. The monoisotopic (exact) mass is 524 g/mol. The molecule has 0 atom stereocenters. The number of nitrogens with two attached hydrogens (primary N) is 1. The van der Waals surface area contributed by atoms with Gasteiger partial charge in [0.2, 0.25) is 5.91 Å². The van der Waals surface area contributed by atoms with Crippen molar-refractivity contribution < 1.29 is 9.53 Å². The molecule has 0 aliphatic carbocycles. The second kappa shape index (κ2) is 9.95. The highest BCUT2D eigenvalue weighted by Crippen LogP contribution is 2.39. The molecule has 0 bridgehead atoms. The molecule has 2 saturated heterocycles. The second-order valence-corrected chi connectivity index (χ2v) is 9.99. The van der Waals surface area contributed by atoms with Crippen LogP contribution in [0.15, 0.2) is 48.9 Å². The van der Waals surface area contributed by atoms with Crippen molar-refractivity contribution in [2.24, 2.45) is 5.41 Å². The van der Waals surface area contributed by atoms with Gasteiger partial charge in [-0.1, -0.05) is 23.2 Å². The van der Waals surface area contributed by atoms with E-state index in [2.05, 4.69) is 20.2 Å². The smallest absolute Gasteiger partial charge is 0.226 e. The molecule has 0 unspecified atom stereocenters. The van der Waals surface area contributed by atoms with Gasteiger partial charge in [0.1, 0.15) is 18.2 Å². The molecule has 186 valence electrons. The van der Waals surface area contributed by atoms with Gasteiger partial charge in [0.05, 0.1) is 21.2 Å². The first-order chi connectivity index (χ1) is 17.4. The number of nitrogen functional groups attached to an aromatic ring is 1. The Morgan fingerprint density at radius 3 is 2.50 bits per heavy atom. The average molecular weight is 525 g/mol. The molecule has 0 radical (unpaired) electrons. The third-order valence-corrected chi connectivity index (χ3v) is 7.73. The summed E-state index contributed by atoms with van der Waals surface area (Å²) in [6.07, 6.45) is 7.29. The van der Waals surface area contributed by atoms with Crippen LogP contribution in [-0.4, -0.2) is 41.2 Å². The highest BCUT2D eigenvalue weighted by molar-refractivity contribution is 6.35. The number of hydrogen-bond acceptors (Lipinski definition) is 7. The van der Waals surface area contributed by atoms with Crippen molar-refractivity contribution >= 4 is 46.3 Å². The van der Waals surface area contributed by atoms with E-state index >= 15 is 0 Å². The van der Waals surface area contributed by atoms with Gasteiger partial charge in [0.25, 0.3) is 0 Å². The van der Waals surface area contributed by atoms with Crippen LogP contribution in [-0.2, 0) is 11.4 Å². The number of anilines is 2. The summed E-state index contributed by atoms with van der Waals surface area (Å²) in [5.41, 5.74) is 8.52. The van der Waals surface area contributed by atoms with Crippen LogP contribution in [0.5, 0.6) is 5.75 Å². The molecule has 0 saturated carbocycles. The molecule has 1 spiro atoms. The lowest BCUT2D eigenvalue weighted by atomic mass is 9.77. The van der Waals surface area contributed by atoms with Gasteiger partial charge in [-0.3, -0.25) is 15.2 Å². The zero-order valence-electron chi connectivity index (χ0n) is 19.6. The van der Waals surface area contributed by atoms with Crippen LogP contribution in [0.2, 0.25) is 10.0 Å². The van der Waals surface area contributed by atoms with Gasteiger partial charge < -0.3 is 20.7 Å². The highest BCUT2D eigenvalue weighted by Gasteiger charge is 2.44. The Labute approximate surface area is 219 Å². The van der Waals surface area contributed by atoms with E-state index in [1.807, 2.05) is 12.1 Å². The molecule has 1 aromatic carbocycles. The first kappa shape index (κ1) is 24.3. The molecule has 3 aromatic rings. The number of nitrogens with one attached hydrogen (secondary N) is 2. The predicted molar refractivity (Wildman–Crippen MR) is 141 cm³/mol. The standard InChI is InChI=1S/C26H26Cl2N6O2/c27-20-13-31-14-21(28)19(20)15-36-17-2-3-22(29)18(11-17)24(30)16-1-4-23(33-12-16)34-9-6-26(7-10-34)5-8-32-25(26)35/h1-4,11-14,30H,5-10,15,29H2,(H,32,35). The van der Waals surface area contributed by atoms with Gasteiger partial charge in [-0.05, 0) is 49.6 Å². The molecule has 5 rings (SSSR count). The summed E-state index contributed by atoms with van der Waals surface area (Å²) in [5.74, 6) is 1.57. The molecule has 2 fully saturated rings. The molecular formula is C26H26Cl2N6O2. The van der Waals surface area contributed by atoms with Gasteiger partial charge in [0, 0.05) is 60.6 Å². The average Bonchev–Trinajstić information content (AvgIpc) is 3.24. The summed E-state index contributed by atoms with van der Waals surface area (Å²) in [7, 11) is 0. The SMILES string of the molecule is N=C(c1ccc(N2CCC3(CCNC3=O)CC2)nc1)c1cc(OCc2c(Cl)cncc2Cl)ccc1N. The van der Waals surface area contributed by atoms with Crippen LogP contribution in [0.4, 0.5) is 11.5 Å². The van der Waals surface area contributed by atoms with Crippen LogP contribution >= 0.6 is 23.2 Å². The van der Waals surface area contributed by atoms with E-state index in [0.717, 1.165) is 44.7 Å². The molecule has 2 aromatic heterocycles. The number of rotatable bonds is 6. The van der Waals surface area contributed by atoms with E-state index in [1.165, 1.54) is 12.4 Å². The minimum atomic E-state index is -0.211. The number of nitrogens with zero attached hydrogens (tertiary/aromatic N) is 3. The van der Waals surface area contributed by atoms with Crippen LogP contribution in [0.3, 0.4) is 0 Å². The van der Waals surface area contributed by atoms with Gasteiger partial charge in [-0.2, -0.15) is 0 Å². The fourth-order valence-corrected chi connectivity index (χ4v) is 5.28. The van der Waals surface area contributed by atoms with E-state index in [-0.39, 0.29) is 23.6 Å². The molecular weight excluding hydrogens is 499 g/mol. The Balaban J connectivity index is 1.27. The number of benzene rings is 1. The van der Waals surface area contributed by atoms with Crippen molar-refractivity contribution in [1.82, 2.24) is 15.3 Å². The number of carbonyl (C=O) groups is 1. The number of ether oxygens (including phenoxy) is 1. The van der Waals surface area contributed by atoms with E-state index in [1.54, 1.807) is 24.4 Å². The third kappa shape index (κ3) is 4.70. The predicted octanol–water partition coefficient (Wildman–Crippen LogP) is 4.47. The van der Waals surface area contributed by atoms with Crippen LogP contribution in [0.1, 0.15) is 36.0 Å². The van der Waals surface area contributed by atoms with Crippen molar-refractivity contribution in [1.29, 1.82) is 5.41 Å². The van der Waals surface area contributed by atoms with Gasteiger partial charge in [-0.25, -0.2) is 4.98 Å². The van der Waals surface area contributed by atoms with Gasteiger partial charge in [-0.15, -0.1) is 0 Å². The van der Waals surface area contributed by atoms with Crippen LogP contribution in [0, 0.1) is 10.8 Å². The van der Waals surface area contributed by atoms with E-state index in [0.29, 0.717) is 38.2 Å². The van der Waals surface area contributed by atoms with Gasteiger partial charge >= 0.3 is 0 Å². The summed E-state index contributed by atoms with van der Waals surface area (Å²) < 4.78 is 5.88. The van der Waals surface area contributed by atoms with E-state index in [4.69, 9.17) is 39.1 Å². The third-order valence-electron chi connectivity index (χ3n) is 7.08. The van der Waals surface area contributed by atoms with Crippen molar-refractivity contribution in [3.05, 3.63) is 75.7 Å². The van der Waals surface area contributed by atoms with E-state index < -0.39 is 0 Å². The highest BCUT2D eigenvalue weighted by atomic mass is 35.5. The zero-order chi connectivity index (χ0) is 25.3. The first-order valence-electron chi connectivity index (χ1n) is 11.8. The number of halogens is 2. The van der Waals surface area contributed by atoms with Crippen molar-refractivity contribution in [2.75, 3.05) is 30.3 Å². The van der Waals surface area contributed by atoms with Crippen LogP contribution < -0.4 is 20.7 Å². The Kier molecular flexibility index (Phi) is 6.73. The minimum absolute atomic E-state index is 0.159. The minimum Gasteiger partial charge on any atom is -0.489 e. The lowest BCUT2D eigenvalue weighted by molar-refractivity contribution is -0.128. The maximum atomic E-state index is 12.2. The summed E-state index contributed by atoms with van der Waals surface area (Å²) in [6.45, 7) is 2.50. The molecule has 4 heterocycles. The largest absolute Gasteiger partial charge is 0.489 e. The fourth-order valence-electron chi connectivity index (χ4n) is 4.81. The number of piperidine rings is 1. The maximum absolute atomic E-state index is 12.2. The maximum Gasteiger partial charge on any atom is 0.226 e.